The van der Waals surface area contributed by atoms with Gasteiger partial charge in [0.25, 0.3) is 5.91 Å². The second-order valence-electron chi connectivity index (χ2n) is 3.88. The highest BCUT2D eigenvalue weighted by molar-refractivity contribution is 9.10. The molecule has 0 radical (unpaired) electrons. The van der Waals surface area contributed by atoms with Gasteiger partial charge in [-0.15, -0.1) is 0 Å². The molecule has 0 aliphatic heterocycles. The van der Waals surface area contributed by atoms with E-state index in [1.807, 2.05) is 6.07 Å². The molecule has 0 spiro atoms. The Kier molecular flexibility index (Phi) is 4.38. The average molecular weight is 354 g/mol. The maximum Gasteiger partial charge on any atom is 0.258 e. The van der Waals surface area contributed by atoms with Gasteiger partial charge in [0.1, 0.15) is 5.82 Å². The summed E-state index contributed by atoms with van der Waals surface area (Å²) in [5, 5.41) is 11.4. The van der Waals surface area contributed by atoms with Gasteiger partial charge < -0.3 is 5.32 Å². The minimum Gasteiger partial charge on any atom is -0.321 e. The van der Waals surface area contributed by atoms with Crippen LogP contribution in [-0.4, -0.2) is 5.91 Å². The van der Waals surface area contributed by atoms with Gasteiger partial charge in [0.15, 0.2) is 0 Å². The van der Waals surface area contributed by atoms with Gasteiger partial charge in [0.2, 0.25) is 0 Å². The van der Waals surface area contributed by atoms with Gasteiger partial charge >= 0.3 is 0 Å². The number of carbonyl (C=O) groups excluding carboxylic acids is 1. The largest absolute Gasteiger partial charge is 0.321 e. The molecule has 100 valence electrons. The van der Waals surface area contributed by atoms with Gasteiger partial charge in [0.05, 0.1) is 27.9 Å². The highest BCUT2D eigenvalue weighted by Gasteiger charge is 2.13. The van der Waals surface area contributed by atoms with Gasteiger partial charge in [-0.2, -0.15) is 5.26 Å². The van der Waals surface area contributed by atoms with Crippen LogP contribution in [0.4, 0.5) is 10.1 Å². The minimum absolute atomic E-state index is 0.0892. The maximum absolute atomic E-state index is 13.7. The Balaban J connectivity index is 2.26. The van der Waals surface area contributed by atoms with Crippen molar-refractivity contribution in [2.75, 3.05) is 5.32 Å². The molecule has 1 amide bonds. The van der Waals surface area contributed by atoms with Gasteiger partial charge in [-0.1, -0.05) is 27.5 Å². The predicted octanol–water partition coefficient (Wildman–Crippen LogP) is 4.37. The fraction of sp³-hybridized carbons (Fsp3) is 0. The summed E-state index contributed by atoms with van der Waals surface area (Å²) >= 11 is 9.05. The van der Waals surface area contributed by atoms with Gasteiger partial charge in [-0.05, 0) is 36.4 Å². The maximum atomic E-state index is 13.7. The molecule has 0 fully saturated rings. The molecule has 0 aromatic heterocycles. The number of hydrogen-bond donors (Lipinski definition) is 1. The van der Waals surface area contributed by atoms with Crippen LogP contribution in [0.2, 0.25) is 5.02 Å². The number of rotatable bonds is 2. The van der Waals surface area contributed by atoms with E-state index in [0.717, 1.165) is 0 Å². The number of carbonyl (C=O) groups is 1. The van der Waals surface area contributed by atoms with Crippen LogP contribution in [-0.2, 0) is 0 Å². The summed E-state index contributed by atoms with van der Waals surface area (Å²) in [4.78, 5) is 12.0. The molecule has 2 aromatic rings. The van der Waals surface area contributed by atoms with E-state index >= 15 is 0 Å². The SMILES string of the molecule is N#Cc1ccc(NC(=O)c2ccc(Br)cc2F)c(Cl)c1. The third-order valence-corrected chi connectivity index (χ3v) is 3.33. The van der Waals surface area contributed by atoms with Crippen LogP contribution in [0.5, 0.6) is 0 Å². The summed E-state index contributed by atoms with van der Waals surface area (Å²) in [7, 11) is 0. The van der Waals surface area contributed by atoms with Crippen LogP contribution < -0.4 is 5.32 Å². The number of anilines is 1. The van der Waals surface area contributed by atoms with E-state index in [2.05, 4.69) is 21.2 Å². The predicted molar refractivity (Wildman–Crippen MR) is 78.2 cm³/mol. The molecule has 2 rings (SSSR count). The molecular weight excluding hydrogens is 347 g/mol. The Morgan fingerprint density at radius 1 is 1.30 bits per heavy atom. The monoisotopic (exact) mass is 352 g/mol. The summed E-state index contributed by atoms with van der Waals surface area (Å²) in [6.45, 7) is 0. The lowest BCUT2D eigenvalue weighted by atomic mass is 10.2. The Hall–Kier alpha value is -1.90. The van der Waals surface area contributed by atoms with E-state index in [-0.39, 0.29) is 10.6 Å². The molecule has 0 bridgehead atoms. The molecule has 1 N–H and O–H groups in total. The number of nitriles is 1. The second kappa shape index (κ2) is 6.04. The first-order valence-corrected chi connectivity index (χ1v) is 6.64. The van der Waals surface area contributed by atoms with Crippen LogP contribution in [0.15, 0.2) is 40.9 Å². The molecular formula is C14H7BrClFN2O. The standard InChI is InChI=1S/C14H7BrClFN2O/c15-9-2-3-10(12(17)6-9)14(20)19-13-4-1-8(7-18)5-11(13)16/h1-6H,(H,19,20). The van der Waals surface area contributed by atoms with Crippen LogP contribution in [0.3, 0.4) is 0 Å². The molecule has 6 heteroatoms. The van der Waals surface area contributed by atoms with Crippen LogP contribution in [0, 0.1) is 17.1 Å². The first kappa shape index (κ1) is 14.5. The number of halogens is 3. The smallest absolute Gasteiger partial charge is 0.258 e. The summed E-state index contributed by atoms with van der Waals surface area (Å²) in [6, 6.07) is 10.5. The van der Waals surface area contributed by atoms with Crippen LogP contribution in [0.25, 0.3) is 0 Å². The van der Waals surface area contributed by atoms with Gasteiger partial charge in [0, 0.05) is 4.47 Å². The highest BCUT2D eigenvalue weighted by atomic mass is 79.9. The topological polar surface area (TPSA) is 52.9 Å². The van der Waals surface area contributed by atoms with E-state index in [1.165, 1.54) is 30.3 Å². The molecule has 0 aliphatic rings. The minimum atomic E-state index is -0.637. The zero-order valence-electron chi connectivity index (χ0n) is 9.95. The van der Waals surface area contributed by atoms with Crippen molar-refractivity contribution in [3.8, 4) is 6.07 Å². The number of benzene rings is 2. The van der Waals surface area contributed by atoms with Crippen LogP contribution >= 0.6 is 27.5 Å². The van der Waals surface area contributed by atoms with Crippen molar-refractivity contribution < 1.29 is 9.18 Å². The van der Waals surface area contributed by atoms with Crippen molar-refractivity contribution in [3.05, 3.63) is 62.8 Å². The van der Waals surface area contributed by atoms with Crippen molar-refractivity contribution in [3.63, 3.8) is 0 Å². The first-order chi connectivity index (χ1) is 9.51. The van der Waals surface area contributed by atoms with Crippen molar-refractivity contribution in [2.24, 2.45) is 0 Å². The summed E-state index contributed by atoms with van der Waals surface area (Å²) < 4.78 is 14.2. The second-order valence-corrected chi connectivity index (χ2v) is 5.21. The molecule has 20 heavy (non-hydrogen) atoms. The highest BCUT2D eigenvalue weighted by Crippen LogP contribution is 2.24. The van der Waals surface area contributed by atoms with E-state index in [4.69, 9.17) is 16.9 Å². The summed E-state index contributed by atoms with van der Waals surface area (Å²) in [5.41, 5.74) is 0.606. The van der Waals surface area contributed by atoms with Gasteiger partial charge in [-0.3, -0.25) is 4.79 Å². The number of hydrogen-bond acceptors (Lipinski definition) is 2. The third kappa shape index (κ3) is 3.16. The van der Waals surface area contributed by atoms with Crippen molar-refractivity contribution in [1.29, 1.82) is 5.26 Å². The van der Waals surface area contributed by atoms with E-state index in [9.17, 15) is 9.18 Å². The Morgan fingerprint density at radius 3 is 2.65 bits per heavy atom. The summed E-state index contributed by atoms with van der Waals surface area (Å²) in [6.07, 6.45) is 0. The lowest BCUT2D eigenvalue weighted by Gasteiger charge is -2.08. The Labute approximate surface area is 128 Å². The molecule has 2 aromatic carbocycles. The zero-order valence-corrected chi connectivity index (χ0v) is 12.3. The molecule has 0 saturated carbocycles. The Bertz CT molecular complexity index is 728. The fourth-order valence-corrected chi connectivity index (χ4v) is 2.11. The first-order valence-electron chi connectivity index (χ1n) is 5.47. The molecule has 0 atom stereocenters. The Morgan fingerprint density at radius 2 is 2.05 bits per heavy atom. The number of amides is 1. The van der Waals surface area contributed by atoms with Crippen LogP contribution in [0.1, 0.15) is 15.9 Å². The fourth-order valence-electron chi connectivity index (χ4n) is 1.55. The lowest BCUT2D eigenvalue weighted by Crippen LogP contribution is -2.14. The van der Waals surface area contributed by atoms with Crippen molar-refractivity contribution in [1.82, 2.24) is 0 Å². The molecule has 0 aliphatic carbocycles. The zero-order chi connectivity index (χ0) is 14.7. The molecule has 0 unspecified atom stereocenters. The van der Waals surface area contributed by atoms with E-state index in [1.54, 1.807) is 6.07 Å². The third-order valence-electron chi connectivity index (χ3n) is 2.52. The van der Waals surface area contributed by atoms with Gasteiger partial charge in [-0.25, -0.2) is 4.39 Å². The normalized spacial score (nSPS) is 9.90. The number of nitrogens with zero attached hydrogens (tertiary/aromatic N) is 1. The van der Waals surface area contributed by atoms with E-state index < -0.39 is 11.7 Å². The van der Waals surface area contributed by atoms with Crippen molar-refractivity contribution >= 4 is 39.1 Å². The molecule has 0 heterocycles. The number of nitrogens with one attached hydrogen (secondary N) is 1. The lowest BCUT2D eigenvalue weighted by molar-refractivity contribution is 0.102. The van der Waals surface area contributed by atoms with E-state index in [0.29, 0.717) is 15.7 Å². The molecule has 0 saturated heterocycles. The molecule has 3 nitrogen and oxygen atoms in total. The average Bonchev–Trinajstić information content (AvgIpc) is 2.40. The summed E-state index contributed by atoms with van der Waals surface area (Å²) in [5.74, 6) is -1.25. The van der Waals surface area contributed by atoms with Crippen molar-refractivity contribution in [2.45, 2.75) is 0 Å². The quantitative estimate of drug-likeness (QED) is 0.872.